The average molecular weight is 315 g/mol. The first-order valence-corrected chi connectivity index (χ1v) is 8.81. The summed E-state index contributed by atoms with van der Waals surface area (Å²) in [6.45, 7) is 5.54. The summed E-state index contributed by atoms with van der Waals surface area (Å²) >= 11 is 0. The van der Waals surface area contributed by atoms with E-state index >= 15 is 0 Å². The minimum atomic E-state index is -3.16. The van der Waals surface area contributed by atoms with Crippen LogP contribution in [-0.4, -0.2) is 57.0 Å². The van der Waals surface area contributed by atoms with Gasteiger partial charge in [0.15, 0.2) is 9.84 Å². The predicted molar refractivity (Wildman–Crippen MR) is 83.5 cm³/mol. The summed E-state index contributed by atoms with van der Waals surface area (Å²) in [7, 11) is -1.20. The number of rotatable bonds is 8. The third-order valence-electron chi connectivity index (χ3n) is 2.86. The molecule has 0 aliphatic heterocycles. The number of hydrogen-bond donors (Lipinski definition) is 1. The van der Waals surface area contributed by atoms with Gasteiger partial charge in [-0.1, -0.05) is 0 Å². The first kappa shape index (κ1) is 17.9. The van der Waals surface area contributed by atoms with Gasteiger partial charge >= 0.3 is 0 Å². The third kappa shape index (κ3) is 7.45. The lowest BCUT2D eigenvalue weighted by Crippen LogP contribution is -2.37. The fourth-order valence-electron chi connectivity index (χ4n) is 2.05. The van der Waals surface area contributed by atoms with Crippen molar-refractivity contribution in [2.45, 2.75) is 30.8 Å². The second kappa shape index (κ2) is 7.24. The zero-order chi connectivity index (χ0) is 16.1. The Balaban J connectivity index is 2.33. The van der Waals surface area contributed by atoms with Gasteiger partial charge in [-0.3, -0.25) is 0 Å². The molecule has 1 aromatic rings. The Morgan fingerprint density at radius 3 is 2.29 bits per heavy atom. The molecule has 5 nitrogen and oxygen atoms in total. The molecule has 0 aromatic heterocycles. The van der Waals surface area contributed by atoms with Crippen molar-refractivity contribution in [1.29, 1.82) is 0 Å². The van der Waals surface area contributed by atoms with Crippen LogP contribution in [0.4, 0.5) is 0 Å². The van der Waals surface area contributed by atoms with Crippen molar-refractivity contribution in [3.05, 3.63) is 24.3 Å². The summed E-state index contributed by atoms with van der Waals surface area (Å²) in [5.74, 6) is 0.660. The maximum Gasteiger partial charge on any atom is 0.175 e. The molecule has 0 atom stereocenters. The quantitative estimate of drug-likeness (QED) is 0.738. The van der Waals surface area contributed by atoms with E-state index in [2.05, 4.69) is 4.90 Å². The van der Waals surface area contributed by atoms with Crippen molar-refractivity contribution in [3.63, 3.8) is 0 Å². The highest BCUT2D eigenvalue weighted by atomic mass is 32.2. The third-order valence-corrected chi connectivity index (χ3v) is 3.99. The largest absolute Gasteiger partial charge is 0.494 e. The maximum atomic E-state index is 11.3. The fraction of sp³-hybridized carbons (Fsp3) is 0.600. The Labute approximate surface area is 127 Å². The molecule has 21 heavy (non-hydrogen) atoms. The lowest BCUT2D eigenvalue weighted by molar-refractivity contribution is 0.0433. The summed E-state index contributed by atoms with van der Waals surface area (Å²) in [6, 6.07) is 6.42. The molecule has 1 rings (SSSR count). The molecular weight excluding hydrogens is 290 g/mol. The van der Waals surface area contributed by atoms with Gasteiger partial charge in [-0.15, -0.1) is 0 Å². The SMILES string of the molecule is CN(CCCOc1ccc(S(C)(=O)=O)cc1)CC(C)(C)O. The Morgan fingerprint density at radius 2 is 1.81 bits per heavy atom. The van der Waals surface area contributed by atoms with Crippen molar-refractivity contribution in [1.82, 2.24) is 4.90 Å². The number of sulfone groups is 1. The zero-order valence-corrected chi connectivity index (χ0v) is 14.0. The minimum absolute atomic E-state index is 0.291. The van der Waals surface area contributed by atoms with Gasteiger partial charge in [-0.25, -0.2) is 8.42 Å². The standard InChI is InChI=1S/C15H25NO4S/c1-15(2,17)12-16(3)10-5-11-20-13-6-8-14(9-7-13)21(4,18)19/h6-9,17H,5,10-12H2,1-4H3. The molecule has 0 unspecified atom stereocenters. The van der Waals surface area contributed by atoms with Crippen LogP contribution >= 0.6 is 0 Å². The van der Waals surface area contributed by atoms with Crippen LogP contribution in [0.5, 0.6) is 5.75 Å². The zero-order valence-electron chi connectivity index (χ0n) is 13.2. The summed E-state index contributed by atoms with van der Waals surface area (Å²) in [4.78, 5) is 2.34. The lowest BCUT2D eigenvalue weighted by atomic mass is 10.1. The molecule has 0 aliphatic carbocycles. The molecule has 120 valence electrons. The van der Waals surface area contributed by atoms with Crippen molar-refractivity contribution in [2.24, 2.45) is 0 Å². The molecule has 0 radical (unpaired) electrons. The van der Waals surface area contributed by atoms with E-state index in [1.54, 1.807) is 38.1 Å². The Bertz CT molecular complexity index is 532. The van der Waals surface area contributed by atoms with Crippen LogP contribution in [0.25, 0.3) is 0 Å². The molecule has 0 aliphatic rings. The molecule has 0 saturated heterocycles. The highest BCUT2D eigenvalue weighted by Crippen LogP contribution is 2.16. The molecule has 0 saturated carbocycles. The van der Waals surface area contributed by atoms with Gasteiger partial charge in [-0.05, 0) is 51.6 Å². The highest BCUT2D eigenvalue weighted by molar-refractivity contribution is 7.90. The van der Waals surface area contributed by atoms with Crippen LogP contribution in [0, 0.1) is 0 Å². The summed E-state index contributed by atoms with van der Waals surface area (Å²) in [6.07, 6.45) is 2.02. The molecule has 6 heteroatoms. The van der Waals surface area contributed by atoms with Crippen LogP contribution in [0.1, 0.15) is 20.3 Å². The van der Waals surface area contributed by atoms with Gasteiger partial charge in [0.25, 0.3) is 0 Å². The maximum absolute atomic E-state index is 11.3. The smallest absolute Gasteiger partial charge is 0.175 e. The van der Waals surface area contributed by atoms with E-state index in [1.165, 1.54) is 6.26 Å². The first-order chi connectivity index (χ1) is 9.58. The number of aliphatic hydroxyl groups is 1. The number of hydrogen-bond acceptors (Lipinski definition) is 5. The van der Waals surface area contributed by atoms with Gasteiger partial charge in [-0.2, -0.15) is 0 Å². The van der Waals surface area contributed by atoms with Crippen LogP contribution in [-0.2, 0) is 9.84 Å². The van der Waals surface area contributed by atoms with Gasteiger partial charge in [0.1, 0.15) is 5.75 Å². The molecule has 0 bridgehead atoms. The van der Waals surface area contributed by atoms with E-state index in [1.807, 2.05) is 7.05 Å². The van der Waals surface area contributed by atoms with E-state index in [0.29, 0.717) is 23.8 Å². The van der Waals surface area contributed by atoms with Crippen LogP contribution in [0.15, 0.2) is 29.2 Å². The molecule has 0 fully saturated rings. The average Bonchev–Trinajstić information content (AvgIpc) is 2.32. The highest BCUT2D eigenvalue weighted by Gasteiger charge is 2.15. The molecule has 1 N–H and O–H groups in total. The monoisotopic (exact) mass is 315 g/mol. The summed E-state index contributed by atoms with van der Waals surface area (Å²) in [5, 5.41) is 9.69. The lowest BCUT2D eigenvalue weighted by Gasteiger charge is -2.25. The van der Waals surface area contributed by atoms with Crippen LogP contribution in [0.3, 0.4) is 0 Å². The molecule has 1 aromatic carbocycles. The van der Waals surface area contributed by atoms with Gasteiger partial charge in [0.2, 0.25) is 0 Å². The van der Waals surface area contributed by atoms with E-state index in [-0.39, 0.29) is 0 Å². The van der Waals surface area contributed by atoms with E-state index in [9.17, 15) is 13.5 Å². The van der Waals surface area contributed by atoms with Gasteiger partial charge in [0, 0.05) is 19.3 Å². The second-order valence-corrected chi connectivity index (χ2v) is 8.01. The molecule has 0 spiro atoms. The van der Waals surface area contributed by atoms with Gasteiger partial charge in [0.05, 0.1) is 17.1 Å². The number of ether oxygens (including phenoxy) is 1. The normalized spacial score (nSPS) is 12.7. The van der Waals surface area contributed by atoms with E-state index in [0.717, 1.165) is 13.0 Å². The van der Waals surface area contributed by atoms with Crippen molar-refractivity contribution in [3.8, 4) is 5.75 Å². The predicted octanol–water partition coefficient (Wildman–Crippen LogP) is 1.56. The number of likely N-dealkylation sites (N-methyl/N-ethyl adjacent to an activating group) is 1. The summed E-state index contributed by atoms with van der Waals surface area (Å²) in [5.41, 5.74) is -0.697. The second-order valence-electron chi connectivity index (χ2n) is 6.00. The number of nitrogens with zero attached hydrogens (tertiary/aromatic N) is 1. The topological polar surface area (TPSA) is 66.8 Å². The van der Waals surface area contributed by atoms with E-state index < -0.39 is 15.4 Å². The molecule has 0 amide bonds. The molecular formula is C15H25NO4S. The Hall–Kier alpha value is -1.11. The van der Waals surface area contributed by atoms with E-state index in [4.69, 9.17) is 4.74 Å². The first-order valence-electron chi connectivity index (χ1n) is 6.92. The molecule has 0 heterocycles. The number of benzene rings is 1. The van der Waals surface area contributed by atoms with Crippen LogP contribution < -0.4 is 4.74 Å². The summed E-state index contributed by atoms with van der Waals surface area (Å²) < 4.78 is 28.2. The Morgan fingerprint density at radius 1 is 1.24 bits per heavy atom. The van der Waals surface area contributed by atoms with Crippen molar-refractivity contribution >= 4 is 9.84 Å². The van der Waals surface area contributed by atoms with Crippen molar-refractivity contribution < 1.29 is 18.3 Å². The van der Waals surface area contributed by atoms with Crippen molar-refractivity contribution in [2.75, 3.05) is 33.0 Å². The van der Waals surface area contributed by atoms with Crippen LogP contribution in [0.2, 0.25) is 0 Å². The fourth-order valence-corrected chi connectivity index (χ4v) is 2.68. The van der Waals surface area contributed by atoms with Gasteiger partial charge < -0.3 is 14.7 Å². The Kier molecular flexibility index (Phi) is 6.19. The minimum Gasteiger partial charge on any atom is -0.494 e.